The Kier molecular flexibility index (Phi) is 10.6. The van der Waals surface area contributed by atoms with E-state index in [1.807, 2.05) is 0 Å². The number of furan rings is 2. The molecule has 4 heteroatoms. The molecule has 13 rings (SSSR count). The van der Waals surface area contributed by atoms with Crippen LogP contribution in [0.1, 0.15) is 52.7 Å². The van der Waals surface area contributed by atoms with E-state index >= 15 is 0 Å². The average Bonchev–Trinajstić information content (AvgIpc) is 3.98. The molecule has 0 N–H and O–H groups in total. The van der Waals surface area contributed by atoms with Crippen molar-refractivity contribution in [2.24, 2.45) is 0 Å². The molecule has 2 aromatic heterocycles. The van der Waals surface area contributed by atoms with Crippen LogP contribution < -0.4 is 9.80 Å². The molecular formula is C70H56N2O2. The number of para-hydroxylation sites is 2. The molecule has 0 aliphatic carbocycles. The van der Waals surface area contributed by atoms with Crippen molar-refractivity contribution >= 4 is 99.5 Å². The minimum Gasteiger partial charge on any atom is -0.456 e. The quantitative estimate of drug-likeness (QED) is 0.152. The number of rotatable bonds is 8. The highest BCUT2D eigenvalue weighted by Gasteiger charge is 2.34. The normalized spacial score (nSPS) is 12.2. The van der Waals surface area contributed by atoms with Gasteiger partial charge in [-0.3, -0.25) is 0 Å². The molecule has 0 unspecified atom stereocenters. The van der Waals surface area contributed by atoms with Crippen LogP contribution in [-0.2, 0) is 10.8 Å². The first-order valence-corrected chi connectivity index (χ1v) is 25.7. The van der Waals surface area contributed by atoms with Gasteiger partial charge in [0.05, 0.1) is 0 Å². The second kappa shape index (κ2) is 17.4. The van der Waals surface area contributed by atoms with Crippen molar-refractivity contribution in [1.29, 1.82) is 0 Å². The van der Waals surface area contributed by atoms with Crippen molar-refractivity contribution in [3.05, 3.63) is 242 Å². The molecule has 0 saturated carbocycles. The topological polar surface area (TPSA) is 32.8 Å². The maximum Gasteiger partial charge on any atom is 0.140 e. The van der Waals surface area contributed by atoms with E-state index in [0.717, 1.165) is 111 Å². The zero-order chi connectivity index (χ0) is 50.3. The largest absolute Gasteiger partial charge is 0.456 e. The molecule has 0 fully saturated rings. The molecule has 74 heavy (non-hydrogen) atoms. The van der Waals surface area contributed by atoms with E-state index in [9.17, 15) is 0 Å². The number of hydrogen-bond donors (Lipinski definition) is 0. The molecule has 0 spiro atoms. The average molecular weight is 957 g/mol. The SMILES string of the molecule is CC(C)(C)c1c2oc3cc4cc(N(c5ccccc5)c5cccc(-c6ccccc6)c5)ccc4cc3c2c(C(C)(C)C)c2oc3cc4cc(N(c5ccccc5)c5cccc(-c6ccccc6)c5)ccc4cc3c12. The van der Waals surface area contributed by atoms with Gasteiger partial charge >= 0.3 is 0 Å². The summed E-state index contributed by atoms with van der Waals surface area (Å²) in [7, 11) is 0. The summed E-state index contributed by atoms with van der Waals surface area (Å²) in [6.45, 7) is 13.8. The summed E-state index contributed by atoms with van der Waals surface area (Å²) in [6, 6.07) is 82.9. The van der Waals surface area contributed by atoms with Gasteiger partial charge in [-0.25, -0.2) is 0 Å². The van der Waals surface area contributed by atoms with Crippen LogP contribution in [-0.4, -0.2) is 0 Å². The molecule has 2 heterocycles. The van der Waals surface area contributed by atoms with Crippen LogP contribution in [0.25, 0.3) is 87.7 Å². The maximum absolute atomic E-state index is 7.30. The molecule has 0 amide bonds. The molecule has 13 aromatic rings. The fourth-order valence-corrected chi connectivity index (χ4v) is 11.4. The third-order valence-corrected chi connectivity index (χ3v) is 14.7. The molecule has 0 radical (unpaired) electrons. The van der Waals surface area contributed by atoms with Crippen molar-refractivity contribution < 1.29 is 8.83 Å². The maximum atomic E-state index is 7.30. The van der Waals surface area contributed by atoms with E-state index in [2.05, 4.69) is 282 Å². The van der Waals surface area contributed by atoms with E-state index < -0.39 is 0 Å². The van der Waals surface area contributed by atoms with Gasteiger partial charge < -0.3 is 18.6 Å². The predicted octanol–water partition coefficient (Wildman–Crippen LogP) is 20.7. The number of anilines is 6. The Morgan fingerprint density at radius 3 is 1.00 bits per heavy atom. The minimum atomic E-state index is -0.294. The Morgan fingerprint density at radius 1 is 0.284 bits per heavy atom. The monoisotopic (exact) mass is 956 g/mol. The van der Waals surface area contributed by atoms with Gasteiger partial charge in [0, 0.05) is 66.8 Å². The second-order valence-corrected chi connectivity index (χ2v) is 21.8. The van der Waals surface area contributed by atoms with Gasteiger partial charge in [0.15, 0.2) is 0 Å². The Bertz CT molecular complexity index is 3980. The lowest BCUT2D eigenvalue weighted by Crippen LogP contribution is -2.16. The lowest BCUT2D eigenvalue weighted by Gasteiger charge is -2.26. The lowest BCUT2D eigenvalue weighted by molar-refractivity contribution is 0.564. The fourth-order valence-electron chi connectivity index (χ4n) is 11.4. The highest BCUT2D eigenvalue weighted by Crippen LogP contribution is 2.52. The standard InChI is InChI=1S/C70H56N2O2/c1-69(2,3)65-63-59-41-49-33-35-57(71(53-27-15-9-16-28-53)55-31-19-25-47(37-55)45-21-11-7-12-22-45)39-51(49)43-61(59)74-68(63)66(70(4,5)6)64-60-42-50-34-36-58(40-52(50)44-62(60)73-67(64)65)72(54-29-17-10-18-30-54)56-32-20-26-48(38-56)46-23-13-8-14-24-46/h7-44H,1-6H3. The summed E-state index contributed by atoms with van der Waals surface area (Å²) < 4.78 is 14.6. The summed E-state index contributed by atoms with van der Waals surface area (Å²) >= 11 is 0. The second-order valence-electron chi connectivity index (χ2n) is 21.8. The van der Waals surface area contributed by atoms with Crippen LogP contribution in [0.4, 0.5) is 34.1 Å². The number of hydrogen-bond acceptors (Lipinski definition) is 4. The van der Waals surface area contributed by atoms with Crippen LogP contribution >= 0.6 is 0 Å². The molecule has 0 atom stereocenters. The highest BCUT2D eigenvalue weighted by atomic mass is 16.3. The van der Waals surface area contributed by atoms with Crippen molar-refractivity contribution in [2.75, 3.05) is 9.80 Å². The first kappa shape index (κ1) is 45.0. The first-order valence-electron chi connectivity index (χ1n) is 25.7. The minimum absolute atomic E-state index is 0.294. The Labute approximate surface area is 432 Å². The van der Waals surface area contributed by atoms with E-state index in [4.69, 9.17) is 8.83 Å². The van der Waals surface area contributed by atoms with Crippen molar-refractivity contribution in [3.63, 3.8) is 0 Å². The summed E-state index contributed by atoms with van der Waals surface area (Å²) in [5.41, 5.74) is 16.6. The van der Waals surface area contributed by atoms with Gasteiger partial charge in [-0.1, -0.05) is 175 Å². The zero-order valence-corrected chi connectivity index (χ0v) is 42.7. The zero-order valence-electron chi connectivity index (χ0n) is 42.7. The van der Waals surface area contributed by atoms with Gasteiger partial charge in [-0.2, -0.15) is 0 Å². The van der Waals surface area contributed by atoms with Crippen LogP contribution in [0.2, 0.25) is 0 Å². The first-order chi connectivity index (χ1) is 35.9. The predicted molar refractivity (Wildman–Crippen MR) is 314 cm³/mol. The highest BCUT2D eigenvalue weighted by molar-refractivity contribution is 6.23. The van der Waals surface area contributed by atoms with Crippen molar-refractivity contribution in [3.8, 4) is 22.3 Å². The lowest BCUT2D eigenvalue weighted by atomic mass is 9.77. The van der Waals surface area contributed by atoms with Crippen molar-refractivity contribution in [1.82, 2.24) is 0 Å². The molecular weight excluding hydrogens is 901 g/mol. The van der Waals surface area contributed by atoms with Crippen molar-refractivity contribution in [2.45, 2.75) is 52.4 Å². The van der Waals surface area contributed by atoms with Gasteiger partial charge in [-0.05, 0) is 152 Å². The molecule has 11 aromatic carbocycles. The Hall–Kier alpha value is -8.86. The fraction of sp³-hybridized carbons (Fsp3) is 0.114. The third-order valence-electron chi connectivity index (χ3n) is 14.7. The molecule has 0 aliphatic rings. The molecule has 0 aliphatic heterocycles. The van der Waals surface area contributed by atoms with Crippen LogP contribution in [0.5, 0.6) is 0 Å². The van der Waals surface area contributed by atoms with E-state index in [-0.39, 0.29) is 10.8 Å². The van der Waals surface area contributed by atoms with Gasteiger partial charge in [-0.15, -0.1) is 0 Å². The Balaban J connectivity index is 0.981. The summed E-state index contributed by atoms with van der Waals surface area (Å²) in [5, 5.41) is 8.97. The van der Waals surface area contributed by atoms with Crippen LogP contribution in [0.3, 0.4) is 0 Å². The number of nitrogens with zero attached hydrogens (tertiary/aromatic N) is 2. The van der Waals surface area contributed by atoms with E-state index in [1.54, 1.807) is 0 Å². The Morgan fingerprint density at radius 2 is 0.622 bits per heavy atom. The van der Waals surface area contributed by atoms with Gasteiger partial charge in [0.25, 0.3) is 0 Å². The molecule has 4 nitrogen and oxygen atoms in total. The van der Waals surface area contributed by atoms with E-state index in [1.165, 1.54) is 22.3 Å². The molecule has 358 valence electrons. The summed E-state index contributed by atoms with van der Waals surface area (Å²) in [5.74, 6) is 0. The molecule has 0 bridgehead atoms. The smallest absolute Gasteiger partial charge is 0.140 e. The van der Waals surface area contributed by atoms with Crippen LogP contribution in [0, 0.1) is 0 Å². The molecule has 0 saturated heterocycles. The summed E-state index contributed by atoms with van der Waals surface area (Å²) in [6.07, 6.45) is 0. The number of benzene rings is 11. The van der Waals surface area contributed by atoms with Crippen LogP contribution in [0.15, 0.2) is 239 Å². The van der Waals surface area contributed by atoms with E-state index in [0.29, 0.717) is 0 Å². The number of fused-ring (bicyclic) bond motifs is 8. The van der Waals surface area contributed by atoms with Gasteiger partial charge in [0.1, 0.15) is 22.3 Å². The summed E-state index contributed by atoms with van der Waals surface area (Å²) in [4.78, 5) is 4.69. The van der Waals surface area contributed by atoms with Gasteiger partial charge in [0.2, 0.25) is 0 Å². The third kappa shape index (κ3) is 7.77.